The highest BCUT2D eigenvalue weighted by atomic mass is 16.6. The Balaban J connectivity index is 1.09. The van der Waals surface area contributed by atoms with Gasteiger partial charge >= 0.3 is 6.09 Å². The molecule has 10 heteroatoms. The molecule has 1 spiro atoms. The third-order valence-corrected chi connectivity index (χ3v) is 6.79. The summed E-state index contributed by atoms with van der Waals surface area (Å²) in [5, 5.41) is 17.0. The van der Waals surface area contributed by atoms with Crippen LogP contribution in [0, 0.1) is 0 Å². The molecular formula is C21H28N6O4. The van der Waals surface area contributed by atoms with Gasteiger partial charge in [0.15, 0.2) is 5.82 Å². The third kappa shape index (κ3) is 4.16. The van der Waals surface area contributed by atoms with Gasteiger partial charge in [-0.1, -0.05) is 0 Å². The molecule has 10 nitrogen and oxygen atoms in total. The molecule has 0 bridgehead atoms. The minimum absolute atomic E-state index is 0.0148. The molecule has 0 radical (unpaired) electrons. The molecule has 3 fully saturated rings. The maximum absolute atomic E-state index is 12.3. The molecule has 2 saturated carbocycles. The van der Waals surface area contributed by atoms with Crippen LogP contribution >= 0.6 is 0 Å². The van der Waals surface area contributed by atoms with E-state index in [4.69, 9.17) is 9.47 Å². The van der Waals surface area contributed by atoms with Crippen LogP contribution in [0.2, 0.25) is 0 Å². The second kappa shape index (κ2) is 7.99. The van der Waals surface area contributed by atoms with Crippen LogP contribution in [0.15, 0.2) is 18.3 Å². The fraction of sp³-hybridized carbons (Fsp3) is 0.619. The minimum Gasteiger partial charge on any atom is -0.446 e. The number of ether oxygens (including phenoxy) is 2. The molecule has 1 aliphatic heterocycles. The first-order chi connectivity index (χ1) is 15.0. The van der Waals surface area contributed by atoms with Crippen molar-refractivity contribution in [3.8, 4) is 0 Å². The number of alkyl carbamates (subject to hydrolysis) is 1. The Morgan fingerprint density at radius 3 is 2.94 bits per heavy atom. The van der Waals surface area contributed by atoms with E-state index in [0.717, 1.165) is 44.2 Å². The number of aromatic amines is 1. The molecule has 2 aromatic rings. The van der Waals surface area contributed by atoms with E-state index in [-0.39, 0.29) is 35.7 Å². The highest BCUT2D eigenvalue weighted by Gasteiger charge is 2.45. The van der Waals surface area contributed by atoms with E-state index in [1.807, 2.05) is 6.07 Å². The van der Waals surface area contributed by atoms with Crippen LogP contribution in [0.3, 0.4) is 0 Å². The quantitative estimate of drug-likeness (QED) is 0.672. The number of aryl methyl sites for hydroxylation is 1. The van der Waals surface area contributed by atoms with Crippen molar-refractivity contribution < 1.29 is 19.1 Å². The summed E-state index contributed by atoms with van der Waals surface area (Å²) >= 11 is 0. The van der Waals surface area contributed by atoms with Crippen LogP contribution in [-0.2, 0) is 16.5 Å². The lowest BCUT2D eigenvalue weighted by Crippen LogP contribution is -2.40. The fourth-order valence-electron chi connectivity index (χ4n) is 4.93. The lowest BCUT2D eigenvalue weighted by atomic mass is 9.77. The lowest BCUT2D eigenvalue weighted by molar-refractivity contribution is -0.0563. The number of hydrogen-bond acceptors (Lipinski definition) is 6. The number of hydrogen-bond donors (Lipinski definition) is 3. The maximum Gasteiger partial charge on any atom is 0.407 e. The van der Waals surface area contributed by atoms with E-state index in [2.05, 4.69) is 25.9 Å². The molecule has 5 rings (SSSR count). The number of carbonyl (C=O) groups is 2. The Morgan fingerprint density at radius 1 is 1.35 bits per heavy atom. The second-order valence-corrected chi connectivity index (χ2v) is 8.93. The number of carbonyl (C=O) groups excluding carboxylic acids is 2. The number of nitrogens with zero attached hydrogens (tertiary/aromatic N) is 3. The van der Waals surface area contributed by atoms with Gasteiger partial charge < -0.3 is 20.1 Å². The molecule has 3 heterocycles. The van der Waals surface area contributed by atoms with Crippen molar-refractivity contribution in [2.24, 2.45) is 7.05 Å². The van der Waals surface area contributed by atoms with Crippen LogP contribution in [0.5, 0.6) is 0 Å². The van der Waals surface area contributed by atoms with Gasteiger partial charge in [0.05, 0.1) is 18.2 Å². The van der Waals surface area contributed by atoms with Crippen molar-refractivity contribution in [3.63, 3.8) is 0 Å². The first kappa shape index (κ1) is 20.0. The van der Waals surface area contributed by atoms with Gasteiger partial charge in [-0.25, -0.2) is 4.79 Å². The van der Waals surface area contributed by atoms with E-state index >= 15 is 0 Å². The van der Waals surface area contributed by atoms with E-state index in [1.54, 1.807) is 19.3 Å². The van der Waals surface area contributed by atoms with Crippen molar-refractivity contribution in [2.75, 3.05) is 11.9 Å². The van der Waals surface area contributed by atoms with Gasteiger partial charge in [0.25, 0.3) is 5.91 Å². The Bertz CT molecular complexity index is 965. The monoisotopic (exact) mass is 428 g/mol. The van der Waals surface area contributed by atoms with Crippen LogP contribution in [-0.4, -0.2) is 56.3 Å². The fourth-order valence-corrected chi connectivity index (χ4v) is 4.93. The minimum atomic E-state index is -0.357. The second-order valence-electron chi connectivity index (χ2n) is 8.93. The van der Waals surface area contributed by atoms with Crippen LogP contribution in [0.25, 0.3) is 0 Å². The first-order valence-corrected chi connectivity index (χ1v) is 11.0. The van der Waals surface area contributed by atoms with Crippen molar-refractivity contribution in [2.45, 2.75) is 68.6 Å². The van der Waals surface area contributed by atoms with E-state index in [1.165, 1.54) is 11.1 Å². The SMILES string of the molecule is Cn1nccc1C(=O)Nc1cc([C@H]2CC[C@@H](OC(=O)NC3COC4(CCC4)C3)C2)[nH]n1. The number of amides is 2. The number of aromatic nitrogens is 4. The Labute approximate surface area is 180 Å². The largest absolute Gasteiger partial charge is 0.446 e. The molecule has 3 aliphatic rings. The Morgan fingerprint density at radius 2 is 2.23 bits per heavy atom. The predicted molar refractivity (Wildman–Crippen MR) is 111 cm³/mol. The van der Waals surface area contributed by atoms with Gasteiger partial charge in [-0.15, -0.1) is 0 Å². The summed E-state index contributed by atoms with van der Waals surface area (Å²) in [5.74, 6) is 0.414. The molecule has 3 atom stereocenters. The molecule has 2 aromatic heterocycles. The summed E-state index contributed by atoms with van der Waals surface area (Å²) in [7, 11) is 1.71. The number of nitrogens with one attached hydrogen (secondary N) is 3. The van der Waals surface area contributed by atoms with Gasteiger partial charge in [-0.3, -0.25) is 14.6 Å². The zero-order valence-corrected chi connectivity index (χ0v) is 17.6. The maximum atomic E-state index is 12.3. The molecule has 2 aliphatic carbocycles. The van der Waals surface area contributed by atoms with Gasteiger partial charge in [-0.05, 0) is 51.0 Å². The van der Waals surface area contributed by atoms with Crippen molar-refractivity contribution in [1.82, 2.24) is 25.3 Å². The average Bonchev–Trinajstić information content (AvgIpc) is 3.47. The first-order valence-electron chi connectivity index (χ1n) is 11.0. The van der Waals surface area contributed by atoms with Gasteiger partial charge in [0.2, 0.25) is 0 Å². The molecule has 31 heavy (non-hydrogen) atoms. The summed E-state index contributed by atoms with van der Waals surface area (Å²) in [6.45, 7) is 0.573. The predicted octanol–water partition coefficient (Wildman–Crippen LogP) is 2.47. The molecular weight excluding hydrogens is 400 g/mol. The molecule has 1 saturated heterocycles. The zero-order valence-electron chi connectivity index (χ0n) is 17.6. The molecule has 3 N–H and O–H groups in total. The van der Waals surface area contributed by atoms with Crippen molar-refractivity contribution >= 4 is 17.8 Å². The zero-order chi connectivity index (χ0) is 21.4. The highest BCUT2D eigenvalue weighted by Crippen LogP contribution is 2.43. The summed E-state index contributed by atoms with van der Waals surface area (Å²) < 4.78 is 13.0. The summed E-state index contributed by atoms with van der Waals surface area (Å²) in [6, 6.07) is 3.54. The average molecular weight is 428 g/mol. The van der Waals surface area contributed by atoms with Crippen molar-refractivity contribution in [3.05, 3.63) is 29.7 Å². The van der Waals surface area contributed by atoms with Crippen LogP contribution in [0.1, 0.15) is 67.0 Å². The number of H-pyrrole nitrogens is 1. The third-order valence-electron chi connectivity index (χ3n) is 6.79. The van der Waals surface area contributed by atoms with Crippen LogP contribution < -0.4 is 10.6 Å². The van der Waals surface area contributed by atoms with Crippen molar-refractivity contribution in [1.29, 1.82) is 0 Å². The number of anilines is 1. The van der Waals surface area contributed by atoms with Crippen LogP contribution in [0.4, 0.5) is 10.6 Å². The molecule has 166 valence electrons. The standard InChI is InChI=1S/C21H28N6O4/c1-27-17(5-8-22-27)19(28)24-18-10-16(25-26-18)13-3-4-15(9-13)31-20(29)23-14-11-21(30-12-14)6-2-7-21/h5,8,10,13-15H,2-4,6-7,9,11-12H2,1H3,(H,23,29)(H2,24,25,26,28)/t13-,14?,15+/m0/s1. The molecule has 1 unspecified atom stereocenters. The Kier molecular flexibility index (Phi) is 5.17. The van der Waals surface area contributed by atoms with Gasteiger partial charge in [0.1, 0.15) is 11.8 Å². The highest BCUT2D eigenvalue weighted by molar-refractivity contribution is 6.02. The number of rotatable bonds is 5. The summed E-state index contributed by atoms with van der Waals surface area (Å²) in [6.07, 6.45) is 7.81. The van der Waals surface area contributed by atoms with Gasteiger partial charge in [0, 0.05) is 30.9 Å². The summed E-state index contributed by atoms with van der Waals surface area (Å²) in [5.41, 5.74) is 1.41. The normalized spacial score (nSPS) is 26.5. The van der Waals surface area contributed by atoms with E-state index in [9.17, 15) is 9.59 Å². The Hall–Kier alpha value is -2.88. The molecule has 2 amide bonds. The molecule has 0 aromatic carbocycles. The lowest BCUT2D eigenvalue weighted by Gasteiger charge is -2.37. The topological polar surface area (TPSA) is 123 Å². The van der Waals surface area contributed by atoms with E-state index in [0.29, 0.717) is 18.1 Å². The smallest absolute Gasteiger partial charge is 0.407 e. The van der Waals surface area contributed by atoms with E-state index < -0.39 is 0 Å². The van der Waals surface area contributed by atoms with Gasteiger partial charge in [-0.2, -0.15) is 10.2 Å². The summed E-state index contributed by atoms with van der Waals surface area (Å²) in [4.78, 5) is 24.6.